The Morgan fingerprint density at radius 1 is 1.32 bits per heavy atom. The third-order valence-corrected chi connectivity index (χ3v) is 5.32. The molecule has 1 aromatic rings. The first-order valence-electron chi connectivity index (χ1n) is 9.74. The van der Waals surface area contributed by atoms with E-state index in [4.69, 9.17) is 0 Å². The van der Waals surface area contributed by atoms with E-state index < -0.39 is 0 Å². The number of aliphatic imine (C=N–C) groups is 1. The van der Waals surface area contributed by atoms with E-state index in [1.54, 1.807) is 11.9 Å². The number of nitrogens with zero attached hydrogens (tertiary/aromatic N) is 5. The second kappa shape index (κ2) is 11.6. The highest BCUT2D eigenvalue weighted by molar-refractivity contribution is 14.0. The maximum atomic E-state index is 12.3. The number of aromatic nitrogens is 2. The molecule has 1 fully saturated rings. The van der Waals surface area contributed by atoms with Crippen LogP contribution < -0.4 is 10.6 Å². The normalized spacial score (nSPS) is 17.4. The number of guanidine groups is 1. The van der Waals surface area contributed by atoms with Gasteiger partial charge in [0.25, 0.3) is 0 Å². The van der Waals surface area contributed by atoms with Crippen molar-refractivity contribution in [2.45, 2.75) is 45.7 Å². The zero-order valence-electron chi connectivity index (χ0n) is 18.1. The molecule has 0 aromatic carbocycles. The van der Waals surface area contributed by atoms with Gasteiger partial charge in [0.05, 0.1) is 11.7 Å². The summed E-state index contributed by atoms with van der Waals surface area (Å²) < 4.78 is 1.91. The van der Waals surface area contributed by atoms with Crippen molar-refractivity contribution in [3.63, 3.8) is 0 Å². The number of nitrogens with one attached hydrogen (secondary N) is 2. The van der Waals surface area contributed by atoms with Crippen LogP contribution in [0.1, 0.15) is 36.2 Å². The fraction of sp³-hybridized carbons (Fsp3) is 0.737. The van der Waals surface area contributed by atoms with Crippen molar-refractivity contribution in [3.8, 4) is 0 Å². The predicted molar refractivity (Wildman–Crippen MR) is 124 cm³/mol. The van der Waals surface area contributed by atoms with Gasteiger partial charge in [-0.1, -0.05) is 0 Å². The van der Waals surface area contributed by atoms with Crippen molar-refractivity contribution in [1.29, 1.82) is 0 Å². The van der Waals surface area contributed by atoms with E-state index in [1.165, 1.54) is 11.3 Å². The molecule has 28 heavy (non-hydrogen) atoms. The number of likely N-dealkylation sites (N-methyl/N-ethyl adjacent to an activating group) is 1. The van der Waals surface area contributed by atoms with Crippen molar-refractivity contribution in [2.24, 2.45) is 12.0 Å². The molecular formula is C19H36IN7O. The maximum absolute atomic E-state index is 12.3. The molecule has 0 aliphatic carbocycles. The molecule has 2 rings (SSSR count). The smallest absolute Gasteiger partial charge is 0.239 e. The van der Waals surface area contributed by atoms with Gasteiger partial charge in [-0.3, -0.25) is 19.4 Å². The summed E-state index contributed by atoms with van der Waals surface area (Å²) in [5.41, 5.74) is 3.42. The van der Waals surface area contributed by atoms with Crippen LogP contribution in [0, 0.1) is 13.8 Å². The first-order valence-corrected chi connectivity index (χ1v) is 9.74. The Bertz CT molecular complexity index is 671. The van der Waals surface area contributed by atoms with E-state index in [0.29, 0.717) is 6.54 Å². The molecule has 1 amide bonds. The minimum absolute atomic E-state index is 0. The topological polar surface area (TPSA) is 77.8 Å². The van der Waals surface area contributed by atoms with Gasteiger partial charge in [-0.25, -0.2) is 0 Å². The van der Waals surface area contributed by atoms with Gasteiger partial charge in [0.2, 0.25) is 5.91 Å². The molecule has 0 radical (unpaired) electrons. The van der Waals surface area contributed by atoms with Gasteiger partial charge in [-0.05, 0) is 39.7 Å². The molecule has 1 aliphatic rings. The van der Waals surface area contributed by atoms with Crippen molar-refractivity contribution in [1.82, 2.24) is 30.2 Å². The molecule has 2 heterocycles. The molecule has 1 aliphatic heterocycles. The highest BCUT2D eigenvalue weighted by Crippen LogP contribution is 2.18. The number of aryl methyl sites for hydroxylation is 2. The number of carbonyl (C=O) groups is 1. The highest BCUT2D eigenvalue weighted by Gasteiger charge is 2.30. The lowest BCUT2D eigenvalue weighted by Crippen LogP contribution is -2.44. The molecule has 1 unspecified atom stereocenters. The molecule has 1 saturated heterocycles. The Kier molecular flexibility index (Phi) is 10.2. The van der Waals surface area contributed by atoms with Gasteiger partial charge in [-0.15, -0.1) is 24.0 Å². The lowest BCUT2D eigenvalue weighted by molar-refractivity contribution is -0.133. The van der Waals surface area contributed by atoms with Crippen LogP contribution in [0.4, 0.5) is 0 Å². The Morgan fingerprint density at radius 3 is 2.61 bits per heavy atom. The van der Waals surface area contributed by atoms with Crippen LogP contribution in [0.25, 0.3) is 0 Å². The standard InChI is InChI=1S/C19H35N7O.HI/c1-14-16(15(2)25(6)23-14)13-22-19(20-3)21-10-8-12-26-11-7-9-17(26)18(27)24(4)5;/h17H,7-13H2,1-6H3,(H2,20,21,22);1H. The summed E-state index contributed by atoms with van der Waals surface area (Å²) >= 11 is 0. The third-order valence-electron chi connectivity index (χ3n) is 5.32. The number of rotatable bonds is 7. The number of likely N-dealkylation sites (tertiary alicyclic amines) is 1. The fourth-order valence-corrected chi connectivity index (χ4v) is 3.63. The molecule has 0 saturated carbocycles. The lowest BCUT2D eigenvalue weighted by atomic mass is 10.2. The summed E-state index contributed by atoms with van der Waals surface area (Å²) in [7, 11) is 7.42. The number of halogens is 1. The molecule has 8 nitrogen and oxygen atoms in total. The zero-order valence-corrected chi connectivity index (χ0v) is 20.4. The highest BCUT2D eigenvalue weighted by atomic mass is 127. The lowest BCUT2D eigenvalue weighted by Gasteiger charge is -2.26. The Morgan fingerprint density at radius 2 is 2.04 bits per heavy atom. The summed E-state index contributed by atoms with van der Waals surface area (Å²) in [6, 6.07) is 0.0500. The summed E-state index contributed by atoms with van der Waals surface area (Å²) in [4.78, 5) is 20.6. The molecule has 2 N–H and O–H groups in total. The number of hydrogen-bond acceptors (Lipinski definition) is 4. The average molecular weight is 505 g/mol. The minimum Gasteiger partial charge on any atom is -0.356 e. The monoisotopic (exact) mass is 505 g/mol. The van der Waals surface area contributed by atoms with Crippen LogP contribution in [0.3, 0.4) is 0 Å². The van der Waals surface area contributed by atoms with E-state index in [2.05, 4.69) is 32.5 Å². The second-order valence-electron chi connectivity index (χ2n) is 7.41. The molecule has 1 atom stereocenters. The van der Waals surface area contributed by atoms with Crippen molar-refractivity contribution in [3.05, 3.63) is 17.0 Å². The van der Waals surface area contributed by atoms with Gasteiger partial charge in [0.15, 0.2) is 5.96 Å². The van der Waals surface area contributed by atoms with E-state index in [1.807, 2.05) is 32.7 Å². The molecular weight excluding hydrogens is 469 g/mol. The van der Waals surface area contributed by atoms with Gasteiger partial charge in [-0.2, -0.15) is 5.10 Å². The second-order valence-corrected chi connectivity index (χ2v) is 7.41. The summed E-state index contributed by atoms with van der Waals surface area (Å²) in [6.45, 7) is 7.57. The van der Waals surface area contributed by atoms with Crippen LogP contribution in [0.2, 0.25) is 0 Å². The van der Waals surface area contributed by atoms with E-state index in [-0.39, 0.29) is 35.9 Å². The van der Waals surface area contributed by atoms with Crippen LogP contribution in [-0.2, 0) is 18.4 Å². The van der Waals surface area contributed by atoms with Gasteiger partial charge < -0.3 is 15.5 Å². The van der Waals surface area contributed by atoms with E-state index >= 15 is 0 Å². The number of carbonyl (C=O) groups excluding carboxylic acids is 1. The van der Waals surface area contributed by atoms with Crippen LogP contribution in [0.15, 0.2) is 4.99 Å². The number of hydrogen-bond donors (Lipinski definition) is 2. The van der Waals surface area contributed by atoms with Crippen LogP contribution in [-0.4, -0.2) is 78.3 Å². The molecule has 9 heteroatoms. The van der Waals surface area contributed by atoms with Crippen LogP contribution in [0.5, 0.6) is 0 Å². The first kappa shape index (κ1) is 24.7. The SMILES string of the molecule is CN=C(NCCCN1CCCC1C(=O)N(C)C)NCc1c(C)nn(C)c1C.I. The fourth-order valence-electron chi connectivity index (χ4n) is 3.63. The maximum Gasteiger partial charge on any atom is 0.239 e. The molecule has 160 valence electrons. The van der Waals surface area contributed by atoms with Crippen molar-refractivity contribution >= 4 is 35.8 Å². The molecule has 1 aromatic heterocycles. The average Bonchev–Trinajstić information content (AvgIpc) is 3.19. The van der Waals surface area contributed by atoms with Gasteiger partial charge >= 0.3 is 0 Å². The third kappa shape index (κ3) is 6.33. The molecule has 0 bridgehead atoms. The van der Waals surface area contributed by atoms with Crippen LogP contribution >= 0.6 is 24.0 Å². The van der Waals surface area contributed by atoms with Crippen molar-refractivity contribution in [2.75, 3.05) is 40.8 Å². The zero-order chi connectivity index (χ0) is 20.0. The quantitative estimate of drug-likeness (QED) is 0.253. The summed E-state index contributed by atoms with van der Waals surface area (Å²) in [5.74, 6) is 1.01. The summed E-state index contributed by atoms with van der Waals surface area (Å²) in [5, 5.41) is 11.2. The predicted octanol–water partition coefficient (Wildman–Crippen LogP) is 1.26. The minimum atomic E-state index is 0. The number of amides is 1. The van der Waals surface area contributed by atoms with Gasteiger partial charge in [0, 0.05) is 59.1 Å². The van der Waals surface area contributed by atoms with Gasteiger partial charge in [0.1, 0.15) is 0 Å². The Labute approximate surface area is 186 Å². The van der Waals surface area contributed by atoms with E-state index in [9.17, 15) is 4.79 Å². The van der Waals surface area contributed by atoms with E-state index in [0.717, 1.165) is 50.6 Å². The Balaban J connectivity index is 0.00000392. The largest absolute Gasteiger partial charge is 0.356 e. The Hall–Kier alpha value is -1.36. The molecule has 0 spiro atoms. The van der Waals surface area contributed by atoms with Crippen molar-refractivity contribution < 1.29 is 4.79 Å². The summed E-state index contributed by atoms with van der Waals surface area (Å²) in [6.07, 6.45) is 3.05. The first-order chi connectivity index (χ1) is 12.8.